The molecule has 1 fully saturated rings. The van der Waals surface area contributed by atoms with Gasteiger partial charge in [-0.3, -0.25) is 9.69 Å². The Kier molecular flexibility index (Phi) is 4.19. The number of hydrogen-bond acceptors (Lipinski definition) is 3. The molecule has 0 saturated carbocycles. The van der Waals surface area contributed by atoms with E-state index in [9.17, 15) is 4.79 Å². The standard InChI is InChI=1S/C14H23N3O/c1-12-9-15(2)6-4-7-17(12)11-14(18)13-5-8-16(3)10-13/h5,8,10,12H,4,6-7,9,11H2,1-3H3. The lowest BCUT2D eigenvalue weighted by atomic mass is 10.2. The van der Waals surface area contributed by atoms with Crippen molar-refractivity contribution in [2.45, 2.75) is 19.4 Å². The van der Waals surface area contributed by atoms with Gasteiger partial charge in [-0.05, 0) is 33.0 Å². The highest BCUT2D eigenvalue weighted by molar-refractivity contribution is 5.97. The molecule has 100 valence electrons. The van der Waals surface area contributed by atoms with Crippen molar-refractivity contribution in [3.8, 4) is 0 Å². The highest BCUT2D eigenvalue weighted by Gasteiger charge is 2.22. The summed E-state index contributed by atoms with van der Waals surface area (Å²) in [5, 5.41) is 0. The van der Waals surface area contributed by atoms with E-state index >= 15 is 0 Å². The fourth-order valence-electron chi connectivity index (χ4n) is 2.60. The predicted octanol–water partition coefficient (Wildman–Crippen LogP) is 1.23. The molecule has 4 nitrogen and oxygen atoms in total. The molecule has 2 heterocycles. The Hall–Kier alpha value is -1.13. The Labute approximate surface area is 109 Å². The molecule has 0 spiro atoms. The molecular formula is C14H23N3O. The van der Waals surface area contributed by atoms with Gasteiger partial charge in [-0.15, -0.1) is 0 Å². The van der Waals surface area contributed by atoms with Crippen molar-refractivity contribution >= 4 is 5.78 Å². The molecule has 1 aliphatic rings. The van der Waals surface area contributed by atoms with E-state index in [4.69, 9.17) is 0 Å². The maximum Gasteiger partial charge on any atom is 0.178 e. The van der Waals surface area contributed by atoms with Gasteiger partial charge in [0.2, 0.25) is 0 Å². The third kappa shape index (κ3) is 3.21. The third-order valence-electron chi connectivity index (χ3n) is 3.69. The first kappa shape index (κ1) is 13.3. The number of ketones is 1. The molecule has 1 saturated heterocycles. The molecule has 1 unspecified atom stereocenters. The number of rotatable bonds is 3. The van der Waals surface area contributed by atoms with E-state index in [1.807, 2.05) is 30.1 Å². The average molecular weight is 249 g/mol. The molecule has 0 bridgehead atoms. The van der Waals surface area contributed by atoms with Gasteiger partial charge in [-0.2, -0.15) is 0 Å². The Morgan fingerprint density at radius 3 is 2.83 bits per heavy atom. The topological polar surface area (TPSA) is 28.5 Å². The molecule has 0 N–H and O–H groups in total. The van der Waals surface area contributed by atoms with Crippen LogP contribution in [-0.4, -0.2) is 59.4 Å². The Morgan fingerprint density at radius 2 is 2.17 bits per heavy atom. The number of hydrogen-bond donors (Lipinski definition) is 0. The highest BCUT2D eigenvalue weighted by atomic mass is 16.1. The SMILES string of the molecule is CC1CN(C)CCCN1CC(=O)c1ccn(C)c1. The van der Waals surface area contributed by atoms with Gasteiger partial charge in [0, 0.05) is 44.1 Å². The fraction of sp³-hybridized carbons (Fsp3) is 0.643. The van der Waals surface area contributed by atoms with Gasteiger partial charge in [0.25, 0.3) is 0 Å². The number of likely N-dealkylation sites (N-methyl/N-ethyl adjacent to an activating group) is 1. The second kappa shape index (κ2) is 5.67. The predicted molar refractivity (Wildman–Crippen MR) is 72.9 cm³/mol. The second-order valence-electron chi connectivity index (χ2n) is 5.42. The second-order valence-corrected chi connectivity index (χ2v) is 5.42. The van der Waals surface area contributed by atoms with Crippen LogP contribution in [0.2, 0.25) is 0 Å². The fourth-order valence-corrected chi connectivity index (χ4v) is 2.60. The van der Waals surface area contributed by atoms with Crippen LogP contribution in [-0.2, 0) is 7.05 Å². The van der Waals surface area contributed by atoms with Gasteiger partial charge < -0.3 is 9.47 Å². The first-order valence-electron chi connectivity index (χ1n) is 6.64. The van der Waals surface area contributed by atoms with E-state index in [0.717, 1.165) is 31.6 Å². The summed E-state index contributed by atoms with van der Waals surface area (Å²) in [5.41, 5.74) is 0.822. The Balaban J connectivity index is 1.97. The lowest BCUT2D eigenvalue weighted by Crippen LogP contribution is -2.40. The molecule has 1 aromatic heterocycles. The summed E-state index contributed by atoms with van der Waals surface area (Å²) in [6.45, 7) is 5.94. The van der Waals surface area contributed by atoms with Crippen molar-refractivity contribution in [1.82, 2.24) is 14.4 Å². The van der Waals surface area contributed by atoms with Crippen molar-refractivity contribution in [3.63, 3.8) is 0 Å². The number of carbonyl (C=O) groups excluding carboxylic acids is 1. The Morgan fingerprint density at radius 1 is 1.39 bits per heavy atom. The largest absolute Gasteiger partial charge is 0.357 e. The van der Waals surface area contributed by atoms with Gasteiger partial charge in [-0.25, -0.2) is 0 Å². The van der Waals surface area contributed by atoms with Crippen LogP contribution in [0.1, 0.15) is 23.7 Å². The van der Waals surface area contributed by atoms with E-state index in [0.29, 0.717) is 12.6 Å². The molecule has 0 amide bonds. The summed E-state index contributed by atoms with van der Waals surface area (Å²) >= 11 is 0. The summed E-state index contributed by atoms with van der Waals surface area (Å²) in [6.07, 6.45) is 4.97. The van der Waals surface area contributed by atoms with Crippen molar-refractivity contribution in [2.75, 3.05) is 33.2 Å². The highest BCUT2D eigenvalue weighted by Crippen LogP contribution is 2.10. The molecule has 1 aliphatic heterocycles. The zero-order valence-electron chi connectivity index (χ0n) is 11.6. The minimum Gasteiger partial charge on any atom is -0.357 e. The smallest absolute Gasteiger partial charge is 0.178 e. The summed E-state index contributed by atoms with van der Waals surface area (Å²) < 4.78 is 1.92. The molecule has 2 rings (SSSR count). The van der Waals surface area contributed by atoms with Crippen LogP contribution in [0.25, 0.3) is 0 Å². The molecule has 4 heteroatoms. The minimum atomic E-state index is 0.229. The van der Waals surface area contributed by atoms with Crippen LogP contribution in [0.5, 0.6) is 0 Å². The van der Waals surface area contributed by atoms with Crippen molar-refractivity contribution in [2.24, 2.45) is 7.05 Å². The Bertz CT molecular complexity index is 413. The quantitative estimate of drug-likeness (QED) is 0.754. The average Bonchev–Trinajstić information content (AvgIpc) is 2.67. The number of aryl methyl sites for hydroxylation is 1. The minimum absolute atomic E-state index is 0.229. The molecule has 0 aliphatic carbocycles. The van der Waals surface area contributed by atoms with E-state index in [1.54, 1.807) is 0 Å². The number of aromatic nitrogens is 1. The lowest BCUT2D eigenvalue weighted by molar-refractivity contribution is 0.0900. The first-order valence-corrected chi connectivity index (χ1v) is 6.64. The van der Waals surface area contributed by atoms with Crippen molar-refractivity contribution in [3.05, 3.63) is 24.0 Å². The monoisotopic (exact) mass is 249 g/mol. The maximum atomic E-state index is 12.2. The van der Waals surface area contributed by atoms with Gasteiger partial charge in [0.1, 0.15) is 0 Å². The van der Waals surface area contributed by atoms with E-state index in [1.165, 1.54) is 0 Å². The molecular weight excluding hydrogens is 226 g/mol. The maximum absolute atomic E-state index is 12.2. The summed E-state index contributed by atoms with van der Waals surface area (Å²) in [5.74, 6) is 0.229. The number of Topliss-reactive ketones (excluding diaryl/α,β-unsaturated/α-hetero) is 1. The van der Waals surface area contributed by atoms with Crippen LogP contribution in [0, 0.1) is 0 Å². The molecule has 0 radical (unpaired) electrons. The third-order valence-corrected chi connectivity index (χ3v) is 3.69. The van der Waals surface area contributed by atoms with E-state index < -0.39 is 0 Å². The summed E-state index contributed by atoms with van der Waals surface area (Å²) in [7, 11) is 4.10. The van der Waals surface area contributed by atoms with E-state index in [-0.39, 0.29) is 5.78 Å². The van der Waals surface area contributed by atoms with Crippen molar-refractivity contribution in [1.29, 1.82) is 0 Å². The zero-order valence-corrected chi connectivity index (χ0v) is 11.6. The van der Waals surface area contributed by atoms with Crippen LogP contribution < -0.4 is 0 Å². The van der Waals surface area contributed by atoms with Gasteiger partial charge in [0.15, 0.2) is 5.78 Å². The van der Waals surface area contributed by atoms with Gasteiger partial charge >= 0.3 is 0 Å². The lowest BCUT2D eigenvalue weighted by Gasteiger charge is -2.26. The molecule has 1 atom stereocenters. The summed E-state index contributed by atoms with van der Waals surface area (Å²) in [4.78, 5) is 16.8. The molecule has 1 aromatic rings. The van der Waals surface area contributed by atoms with Gasteiger partial charge in [0.05, 0.1) is 6.54 Å². The van der Waals surface area contributed by atoms with Gasteiger partial charge in [-0.1, -0.05) is 0 Å². The summed E-state index contributed by atoms with van der Waals surface area (Å²) in [6, 6.07) is 2.35. The van der Waals surface area contributed by atoms with Crippen molar-refractivity contribution < 1.29 is 4.79 Å². The normalized spacial score (nSPS) is 22.9. The first-order chi connectivity index (χ1) is 8.56. The number of carbonyl (C=O) groups is 1. The van der Waals surface area contributed by atoms with Crippen LogP contribution in [0.3, 0.4) is 0 Å². The number of nitrogens with zero attached hydrogens (tertiary/aromatic N) is 3. The van der Waals surface area contributed by atoms with Crippen LogP contribution in [0.4, 0.5) is 0 Å². The van der Waals surface area contributed by atoms with Crippen LogP contribution >= 0.6 is 0 Å². The molecule has 18 heavy (non-hydrogen) atoms. The molecule has 0 aromatic carbocycles. The van der Waals surface area contributed by atoms with E-state index in [2.05, 4.69) is 23.8 Å². The van der Waals surface area contributed by atoms with Crippen LogP contribution in [0.15, 0.2) is 18.5 Å². The zero-order chi connectivity index (χ0) is 13.1.